The molecule has 0 aromatic rings. The average Bonchev–Trinajstić information content (AvgIpc) is 1.97. The number of halogens is 3. The van der Waals surface area contributed by atoms with Crippen LogP contribution in [0.25, 0.3) is 0 Å². The standard InChI is InChI=1S/C10H15F3O/c1-3-7(2)8(14)9(5-4-6-9)10(11,12)13/h7H,3-6H2,1-2H3. The van der Waals surface area contributed by atoms with Crippen molar-refractivity contribution < 1.29 is 18.0 Å². The fourth-order valence-corrected chi connectivity index (χ4v) is 1.86. The minimum Gasteiger partial charge on any atom is -0.298 e. The Morgan fingerprint density at radius 2 is 1.93 bits per heavy atom. The number of hydrogen-bond acceptors (Lipinski definition) is 1. The van der Waals surface area contributed by atoms with Crippen molar-refractivity contribution in [1.29, 1.82) is 0 Å². The van der Waals surface area contributed by atoms with Crippen LogP contribution < -0.4 is 0 Å². The zero-order valence-corrected chi connectivity index (χ0v) is 8.45. The number of carbonyl (C=O) groups excluding carboxylic acids is 1. The van der Waals surface area contributed by atoms with Crippen molar-refractivity contribution in [3.05, 3.63) is 0 Å². The van der Waals surface area contributed by atoms with E-state index in [4.69, 9.17) is 0 Å². The van der Waals surface area contributed by atoms with Crippen molar-refractivity contribution in [2.45, 2.75) is 45.7 Å². The molecule has 0 heterocycles. The molecule has 1 aliphatic rings. The van der Waals surface area contributed by atoms with E-state index in [0.717, 1.165) is 0 Å². The summed E-state index contributed by atoms with van der Waals surface area (Å²) in [5, 5.41) is 0. The van der Waals surface area contributed by atoms with Crippen LogP contribution in [0.4, 0.5) is 13.2 Å². The van der Waals surface area contributed by atoms with Gasteiger partial charge in [-0.25, -0.2) is 0 Å². The minimum absolute atomic E-state index is 0.0142. The maximum Gasteiger partial charge on any atom is 0.401 e. The van der Waals surface area contributed by atoms with E-state index in [1.54, 1.807) is 13.8 Å². The molecule has 1 aliphatic carbocycles. The lowest BCUT2D eigenvalue weighted by Crippen LogP contribution is -2.52. The Kier molecular flexibility index (Phi) is 2.93. The van der Waals surface area contributed by atoms with Crippen LogP contribution in [0.5, 0.6) is 0 Å². The summed E-state index contributed by atoms with van der Waals surface area (Å²) in [4.78, 5) is 11.6. The second-order valence-corrected chi connectivity index (χ2v) is 4.11. The van der Waals surface area contributed by atoms with Gasteiger partial charge in [-0.05, 0) is 19.3 Å². The summed E-state index contributed by atoms with van der Waals surface area (Å²) in [7, 11) is 0. The summed E-state index contributed by atoms with van der Waals surface area (Å²) in [6.45, 7) is 3.32. The highest BCUT2D eigenvalue weighted by molar-refractivity contribution is 5.88. The quantitative estimate of drug-likeness (QED) is 0.695. The van der Waals surface area contributed by atoms with Crippen molar-refractivity contribution in [2.75, 3.05) is 0 Å². The molecule has 0 radical (unpaired) electrons. The van der Waals surface area contributed by atoms with Crippen LogP contribution in [-0.4, -0.2) is 12.0 Å². The van der Waals surface area contributed by atoms with E-state index in [-0.39, 0.29) is 12.8 Å². The van der Waals surface area contributed by atoms with Gasteiger partial charge in [0.2, 0.25) is 0 Å². The van der Waals surface area contributed by atoms with E-state index in [0.29, 0.717) is 12.8 Å². The van der Waals surface area contributed by atoms with E-state index in [1.807, 2.05) is 0 Å². The van der Waals surface area contributed by atoms with Crippen LogP contribution in [0.2, 0.25) is 0 Å². The van der Waals surface area contributed by atoms with Gasteiger partial charge in [-0.15, -0.1) is 0 Å². The van der Waals surface area contributed by atoms with Gasteiger partial charge in [0.1, 0.15) is 5.41 Å². The number of carbonyl (C=O) groups is 1. The Labute approximate surface area is 81.7 Å². The van der Waals surface area contributed by atoms with Crippen molar-refractivity contribution in [2.24, 2.45) is 11.3 Å². The summed E-state index contributed by atoms with van der Waals surface area (Å²) in [5.41, 5.74) is -2.00. The van der Waals surface area contributed by atoms with Crippen LogP contribution >= 0.6 is 0 Å². The fourth-order valence-electron chi connectivity index (χ4n) is 1.86. The van der Waals surface area contributed by atoms with E-state index in [2.05, 4.69) is 0 Å². The highest BCUT2D eigenvalue weighted by atomic mass is 19.4. The highest BCUT2D eigenvalue weighted by Gasteiger charge is 2.63. The monoisotopic (exact) mass is 208 g/mol. The summed E-state index contributed by atoms with van der Waals surface area (Å²) >= 11 is 0. The van der Waals surface area contributed by atoms with E-state index in [1.165, 1.54) is 0 Å². The second kappa shape index (κ2) is 3.55. The first-order valence-electron chi connectivity index (χ1n) is 4.96. The van der Waals surface area contributed by atoms with Gasteiger partial charge >= 0.3 is 6.18 Å². The van der Waals surface area contributed by atoms with Crippen molar-refractivity contribution in [1.82, 2.24) is 0 Å². The molecule has 0 spiro atoms. The fraction of sp³-hybridized carbons (Fsp3) is 0.900. The number of Topliss-reactive ketones (excluding diaryl/α,β-unsaturated/α-hetero) is 1. The largest absolute Gasteiger partial charge is 0.401 e. The predicted molar refractivity (Wildman–Crippen MR) is 46.8 cm³/mol. The van der Waals surface area contributed by atoms with Gasteiger partial charge < -0.3 is 0 Å². The molecule has 1 unspecified atom stereocenters. The Bertz CT molecular complexity index is 228. The van der Waals surface area contributed by atoms with Gasteiger partial charge in [0.25, 0.3) is 0 Å². The van der Waals surface area contributed by atoms with Gasteiger partial charge in [0.05, 0.1) is 0 Å². The average molecular weight is 208 g/mol. The lowest BCUT2D eigenvalue weighted by atomic mass is 9.62. The predicted octanol–water partition coefficient (Wildman–Crippen LogP) is 3.33. The minimum atomic E-state index is -4.36. The molecule has 0 N–H and O–H groups in total. The van der Waals surface area contributed by atoms with Crippen LogP contribution in [0.1, 0.15) is 39.5 Å². The van der Waals surface area contributed by atoms with Gasteiger partial charge in [-0.3, -0.25) is 4.79 Å². The first-order valence-corrected chi connectivity index (χ1v) is 4.96. The topological polar surface area (TPSA) is 17.1 Å². The highest BCUT2D eigenvalue weighted by Crippen LogP contribution is 2.54. The van der Waals surface area contributed by atoms with Crippen LogP contribution in [0.15, 0.2) is 0 Å². The normalized spacial score (nSPS) is 22.6. The third-order valence-corrected chi connectivity index (χ3v) is 3.28. The third-order valence-electron chi connectivity index (χ3n) is 3.28. The Morgan fingerprint density at radius 3 is 2.14 bits per heavy atom. The number of alkyl halides is 3. The molecule has 1 rings (SSSR count). The van der Waals surface area contributed by atoms with Crippen molar-refractivity contribution >= 4 is 5.78 Å². The molecule has 0 aromatic carbocycles. The molecule has 0 aliphatic heterocycles. The van der Waals surface area contributed by atoms with Gasteiger partial charge in [-0.2, -0.15) is 13.2 Å². The van der Waals surface area contributed by atoms with Crippen molar-refractivity contribution in [3.63, 3.8) is 0 Å². The Balaban J connectivity index is 2.86. The lowest BCUT2D eigenvalue weighted by molar-refractivity contribution is -0.243. The molecule has 1 atom stereocenters. The Hall–Kier alpha value is -0.540. The summed E-state index contributed by atoms with van der Waals surface area (Å²) < 4.78 is 38.0. The zero-order valence-electron chi connectivity index (χ0n) is 8.45. The molecule has 82 valence electrons. The molecule has 1 saturated carbocycles. The van der Waals surface area contributed by atoms with Gasteiger partial charge in [-0.1, -0.05) is 20.3 Å². The van der Waals surface area contributed by atoms with Crippen molar-refractivity contribution in [3.8, 4) is 0 Å². The molecular weight excluding hydrogens is 193 g/mol. The number of rotatable bonds is 3. The first kappa shape index (κ1) is 11.5. The van der Waals surface area contributed by atoms with E-state index in [9.17, 15) is 18.0 Å². The SMILES string of the molecule is CCC(C)C(=O)C1(C(F)(F)F)CCC1. The molecule has 0 saturated heterocycles. The van der Waals surface area contributed by atoms with Crippen LogP contribution in [0.3, 0.4) is 0 Å². The van der Waals surface area contributed by atoms with E-state index < -0.39 is 23.3 Å². The molecule has 0 amide bonds. The number of ketones is 1. The van der Waals surface area contributed by atoms with Gasteiger partial charge in [0, 0.05) is 5.92 Å². The maximum atomic E-state index is 12.7. The maximum absolute atomic E-state index is 12.7. The summed E-state index contributed by atoms with van der Waals surface area (Å²) in [6.07, 6.45) is -3.39. The molecule has 1 fully saturated rings. The number of hydrogen-bond donors (Lipinski definition) is 0. The molecule has 0 bridgehead atoms. The van der Waals surface area contributed by atoms with Gasteiger partial charge in [0.15, 0.2) is 5.78 Å². The lowest BCUT2D eigenvalue weighted by Gasteiger charge is -2.42. The second-order valence-electron chi connectivity index (χ2n) is 4.11. The third kappa shape index (κ3) is 1.55. The first-order chi connectivity index (χ1) is 6.35. The summed E-state index contributed by atoms with van der Waals surface area (Å²) in [6, 6.07) is 0. The Morgan fingerprint density at radius 1 is 1.43 bits per heavy atom. The van der Waals surface area contributed by atoms with Crippen LogP contribution in [-0.2, 0) is 4.79 Å². The van der Waals surface area contributed by atoms with Crippen LogP contribution in [0, 0.1) is 11.3 Å². The zero-order chi connectivity index (χ0) is 11.0. The molecule has 1 nitrogen and oxygen atoms in total. The van der Waals surface area contributed by atoms with E-state index >= 15 is 0 Å². The smallest absolute Gasteiger partial charge is 0.298 e. The molecular formula is C10H15F3O. The molecule has 14 heavy (non-hydrogen) atoms. The summed E-state index contributed by atoms with van der Waals surface area (Å²) in [5.74, 6) is -1.09. The molecule has 4 heteroatoms. The molecule has 0 aromatic heterocycles.